The first kappa shape index (κ1) is 15.9. The molecule has 1 aromatic carbocycles. The van der Waals surface area contributed by atoms with Gasteiger partial charge in [-0.05, 0) is 42.5 Å². The number of carbonyl (C=O) groups is 1. The summed E-state index contributed by atoms with van der Waals surface area (Å²) < 4.78 is 5.64. The number of halogens is 1. The van der Waals surface area contributed by atoms with Crippen LogP contribution in [0.5, 0.6) is 5.75 Å². The zero-order valence-electron chi connectivity index (χ0n) is 12.5. The lowest BCUT2D eigenvalue weighted by Crippen LogP contribution is -2.14. The van der Waals surface area contributed by atoms with Crippen LogP contribution in [0.15, 0.2) is 60.9 Å². The predicted molar refractivity (Wildman–Crippen MR) is 90.0 cm³/mol. The Balaban J connectivity index is 1.65. The lowest BCUT2D eigenvalue weighted by molar-refractivity contribution is 0.102. The number of rotatable bonds is 5. The molecule has 24 heavy (non-hydrogen) atoms. The molecule has 0 unspecified atom stereocenters. The molecule has 0 aliphatic heterocycles. The summed E-state index contributed by atoms with van der Waals surface area (Å²) in [4.78, 5) is 16.2. The summed E-state index contributed by atoms with van der Waals surface area (Å²) in [5, 5.41) is 10.5. The van der Waals surface area contributed by atoms with Gasteiger partial charge in [0.05, 0.1) is 10.7 Å². The van der Waals surface area contributed by atoms with Gasteiger partial charge in [-0.2, -0.15) is 5.10 Å². The lowest BCUT2D eigenvalue weighted by atomic mass is 10.2. The summed E-state index contributed by atoms with van der Waals surface area (Å²) in [7, 11) is 0. The molecule has 1 amide bonds. The monoisotopic (exact) mass is 340 g/mol. The van der Waals surface area contributed by atoms with Crippen LogP contribution >= 0.6 is 11.6 Å². The van der Waals surface area contributed by atoms with E-state index in [-0.39, 0.29) is 11.6 Å². The van der Waals surface area contributed by atoms with Crippen LogP contribution in [0.2, 0.25) is 5.02 Å². The first-order valence-electron chi connectivity index (χ1n) is 7.14. The molecule has 0 saturated heterocycles. The van der Waals surface area contributed by atoms with Gasteiger partial charge in [0.15, 0.2) is 5.69 Å². The second-order valence-corrected chi connectivity index (χ2v) is 5.23. The highest BCUT2D eigenvalue weighted by Crippen LogP contribution is 2.28. The molecule has 0 bridgehead atoms. The number of hydrogen-bond acceptors (Lipinski definition) is 5. The maximum absolute atomic E-state index is 12.0. The van der Waals surface area contributed by atoms with Gasteiger partial charge >= 0.3 is 0 Å². The Labute approximate surface area is 143 Å². The van der Waals surface area contributed by atoms with Crippen molar-refractivity contribution in [1.82, 2.24) is 15.2 Å². The van der Waals surface area contributed by atoms with Crippen molar-refractivity contribution in [3.8, 4) is 5.75 Å². The van der Waals surface area contributed by atoms with Gasteiger partial charge < -0.3 is 10.1 Å². The number of carbonyl (C=O) groups excluding carboxylic acids is 1. The van der Waals surface area contributed by atoms with Crippen LogP contribution in [0.4, 0.5) is 5.69 Å². The molecule has 3 rings (SSSR count). The van der Waals surface area contributed by atoms with Crippen molar-refractivity contribution in [3.63, 3.8) is 0 Å². The third-order valence-corrected chi connectivity index (χ3v) is 3.39. The third kappa shape index (κ3) is 4.05. The first-order valence-corrected chi connectivity index (χ1v) is 7.51. The van der Waals surface area contributed by atoms with Gasteiger partial charge in [0.1, 0.15) is 12.4 Å². The maximum atomic E-state index is 12.0. The molecule has 0 aliphatic carbocycles. The molecule has 0 atom stereocenters. The van der Waals surface area contributed by atoms with E-state index < -0.39 is 0 Å². The van der Waals surface area contributed by atoms with E-state index in [0.29, 0.717) is 23.1 Å². The Morgan fingerprint density at radius 3 is 2.75 bits per heavy atom. The largest absolute Gasteiger partial charge is 0.486 e. The van der Waals surface area contributed by atoms with Crippen molar-refractivity contribution in [2.75, 3.05) is 5.32 Å². The van der Waals surface area contributed by atoms with Crippen LogP contribution < -0.4 is 10.1 Å². The predicted octanol–water partition coefficient (Wildman–Crippen LogP) is 3.36. The Hall–Kier alpha value is -2.99. The minimum Gasteiger partial charge on any atom is -0.486 e. The third-order valence-electron chi connectivity index (χ3n) is 3.10. The molecular formula is C17H13ClN4O2. The zero-order chi connectivity index (χ0) is 16.8. The van der Waals surface area contributed by atoms with E-state index in [1.54, 1.807) is 36.5 Å². The number of ether oxygens (including phenoxy) is 1. The van der Waals surface area contributed by atoms with Crippen LogP contribution in [0.25, 0.3) is 0 Å². The van der Waals surface area contributed by atoms with Gasteiger partial charge in [0.2, 0.25) is 0 Å². The summed E-state index contributed by atoms with van der Waals surface area (Å²) >= 11 is 6.20. The van der Waals surface area contributed by atoms with E-state index in [4.69, 9.17) is 16.3 Å². The van der Waals surface area contributed by atoms with Crippen molar-refractivity contribution in [2.24, 2.45) is 0 Å². The number of nitrogens with zero attached hydrogens (tertiary/aromatic N) is 3. The molecule has 0 radical (unpaired) electrons. The first-order chi connectivity index (χ1) is 11.7. The summed E-state index contributed by atoms with van der Waals surface area (Å²) in [5.74, 6) is 0.154. The number of aromatic nitrogens is 3. The smallest absolute Gasteiger partial charge is 0.276 e. The summed E-state index contributed by atoms with van der Waals surface area (Å²) in [5.41, 5.74) is 1.57. The number of amides is 1. The zero-order valence-corrected chi connectivity index (χ0v) is 13.3. The highest BCUT2D eigenvalue weighted by atomic mass is 35.5. The van der Waals surface area contributed by atoms with Crippen LogP contribution in [0, 0.1) is 0 Å². The molecule has 0 spiro atoms. The van der Waals surface area contributed by atoms with Gasteiger partial charge in [-0.15, -0.1) is 5.10 Å². The van der Waals surface area contributed by atoms with E-state index >= 15 is 0 Å². The Kier molecular flexibility index (Phi) is 4.98. The SMILES string of the molecule is O=C(Nc1ccc(OCc2ccccn2)c(Cl)c1)c1cccnn1. The number of benzene rings is 1. The van der Waals surface area contributed by atoms with Crippen molar-refractivity contribution in [1.29, 1.82) is 0 Å². The fourth-order valence-corrected chi connectivity index (χ4v) is 2.18. The van der Waals surface area contributed by atoms with Crippen molar-refractivity contribution in [3.05, 3.63) is 77.3 Å². The van der Waals surface area contributed by atoms with Crippen LogP contribution in [-0.2, 0) is 6.61 Å². The molecule has 3 aromatic rings. The molecule has 0 fully saturated rings. The average molecular weight is 341 g/mol. The van der Waals surface area contributed by atoms with Crippen molar-refractivity contribution in [2.45, 2.75) is 6.61 Å². The van der Waals surface area contributed by atoms with Gasteiger partial charge in [0, 0.05) is 18.1 Å². The van der Waals surface area contributed by atoms with Crippen molar-refractivity contribution >= 4 is 23.2 Å². The minimum atomic E-state index is -0.360. The molecule has 6 nitrogen and oxygen atoms in total. The summed E-state index contributed by atoms with van der Waals surface area (Å²) in [6.07, 6.45) is 3.20. The fourth-order valence-electron chi connectivity index (χ4n) is 1.95. The summed E-state index contributed by atoms with van der Waals surface area (Å²) in [6, 6.07) is 13.8. The molecule has 7 heteroatoms. The van der Waals surface area contributed by atoms with Crippen LogP contribution in [-0.4, -0.2) is 21.1 Å². The highest BCUT2D eigenvalue weighted by molar-refractivity contribution is 6.32. The number of hydrogen-bond donors (Lipinski definition) is 1. The lowest BCUT2D eigenvalue weighted by Gasteiger charge is -2.10. The van der Waals surface area contributed by atoms with E-state index in [0.717, 1.165) is 5.69 Å². The Morgan fingerprint density at radius 2 is 2.04 bits per heavy atom. The standard InChI is InChI=1S/C17H13ClN4O2/c18-14-10-12(21-17(23)15-5-3-9-20-22-15)6-7-16(14)24-11-13-4-1-2-8-19-13/h1-10H,11H2,(H,21,23). The van der Waals surface area contributed by atoms with Crippen LogP contribution in [0.1, 0.15) is 16.2 Å². The fraction of sp³-hybridized carbons (Fsp3) is 0.0588. The molecule has 0 saturated carbocycles. The van der Waals surface area contributed by atoms with E-state index in [9.17, 15) is 4.79 Å². The number of pyridine rings is 1. The number of nitrogens with one attached hydrogen (secondary N) is 1. The topological polar surface area (TPSA) is 77.0 Å². The molecule has 2 aromatic heterocycles. The van der Waals surface area contributed by atoms with Gasteiger partial charge in [-0.25, -0.2) is 0 Å². The average Bonchev–Trinajstić information content (AvgIpc) is 2.62. The Morgan fingerprint density at radius 1 is 1.12 bits per heavy atom. The maximum Gasteiger partial charge on any atom is 0.276 e. The van der Waals surface area contributed by atoms with E-state index in [2.05, 4.69) is 20.5 Å². The molecule has 1 N–H and O–H groups in total. The second-order valence-electron chi connectivity index (χ2n) is 4.82. The molecule has 2 heterocycles. The van der Waals surface area contributed by atoms with Gasteiger partial charge in [-0.3, -0.25) is 9.78 Å². The normalized spacial score (nSPS) is 10.2. The second kappa shape index (κ2) is 7.52. The quantitative estimate of drug-likeness (QED) is 0.770. The van der Waals surface area contributed by atoms with Crippen LogP contribution in [0.3, 0.4) is 0 Å². The minimum absolute atomic E-state index is 0.226. The Bertz CT molecular complexity index is 829. The molecular weight excluding hydrogens is 328 g/mol. The van der Waals surface area contributed by atoms with Crippen molar-refractivity contribution < 1.29 is 9.53 Å². The number of anilines is 1. The highest BCUT2D eigenvalue weighted by Gasteiger charge is 2.09. The molecule has 0 aliphatic rings. The van der Waals surface area contributed by atoms with Gasteiger partial charge in [0.25, 0.3) is 5.91 Å². The van der Waals surface area contributed by atoms with Gasteiger partial charge in [-0.1, -0.05) is 17.7 Å². The van der Waals surface area contributed by atoms with E-state index in [1.807, 2.05) is 18.2 Å². The molecule has 120 valence electrons. The summed E-state index contributed by atoms with van der Waals surface area (Å²) in [6.45, 7) is 0.311. The van der Waals surface area contributed by atoms with E-state index in [1.165, 1.54) is 6.20 Å².